The summed E-state index contributed by atoms with van der Waals surface area (Å²) in [7, 11) is 0. The van der Waals surface area contributed by atoms with Crippen LogP contribution >= 0.6 is 0 Å². The fourth-order valence-corrected chi connectivity index (χ4v) is 1.93. The van der Waals surface area contributed by atoms with Gasteiger partial charge in [-0.05, 0) is 26.8 Å². The molecule has 1 aromatic rings. The molecular formula is C14H18FNO3. The molecule has 1 aliphatic rings. The number of alkyl carbamates (subject to hydrolysis) is 1. The van der Waals surface area contributed by atoms with Crippen LogP contribution in [-0.4, -0.2) is 24.5 Å². The van der Waals surface area contributed by atoms with Crippen molar-refractivity contribution in [2.24, 2.45) is 0 Å². The molecule has 1 N–H and O–H groups in total. The Morgan fingerprint density at radius 3 is 2.79 bits per heavy atom. The fraction of sp³-hybridized carbons (Fsp3) is 0.500. The van der Waals surface area contributed by atoms with E-state index in [2.05, 4.69) is 5.32 Å². The van der Waals surface area contributed by atoms with Crippen molar-refractivity contribution in [2.45, 2.75) is 38.6 Å². The lowest BCUT2D eigenvalue weighted by molar-refractivity contribution is 0.0431. The molecule has 0 saturated carbocycles. The van der Waals surface area contributed by atoms with Crippen LogP contribution in [0.3, 0.4) is 0 Å². The number of benzene rings is 1. The summed E-state index contributed by atoms with van der Waals surface area (Å²) in [5.41, 5.74) is 0.0210. The highest BCUT2D eigenvalue weighted by Gasteiger charge is 2.33. The van der Waals surface area contributed by atoms with E-state index in [1.807, 2.05) is 6.07 Å². The van der Waals surface area contributed by atoms with Gasteiger partial charge in [-0.25, -0.2) is 9.18 Å². The number of alkyl halides is 1. The minimum absolute atomic E-state index is 0.0719. The van der Waals surface area contributed by atoms with Gasteiger partial charge in [-0.15, -0.1) is 0 Å². The molecule has 5 heteroatoms. The van der Waals surface area contributed by atoms with Gasteiger partial charge in [0.1, 0.15) is 18.0 Å². The Morgan fingerprint density at radius 1 is 1.42 bits per heavy atom. The number of ether oxygens (including phenoxy) is 2. The van der Waals surface area contributed by atoms with Gasteiger partial charge in [0, 0.05) is 5.56 Å². The Morgan fingerprint density at radius 2 is 2.11 bits per heavy atom. The summed E-state index contributed by atoms with van der Waals surface area (Å²) >= 11 is 0. The number of halogens is 1. The summed E-state index contributed by atoms with van der Waals surface area (Å²) in [6.07, 6.45) is -1.92. The molecule has 1 aliphatic heterocycles. The fourth-order valence-electron chi connectivity index (χ4n) is 1.93. The predicted octanol–water partition coefficient (Wildman–Crippen LogP) is 2.98. The van der Waals surface area contributed by atoms with Gasteiger partial charge in [-0.3, -0.25) is 0 Å². The number of carbonyl (C=O) groups excluding carboxylic acids is 1. The quantitative estimate of drug-likeness (QED) is 0.851. The molecular weight excluding hydrogens is 249 g/mol. The summed E-state index contributed by atoms with van der Waals surface area (Å²) < 4.78 is 24.4. The maximum absolute atomic E-state index is 13.9. The van der Waals surface area contributed by atoms with E-state index >= 15 is 0 Å². The van der Waals surface area contributed by atoms with Crippen LogP contribution in [0, 0.1) is 0 Å². The van der Waals surface area contributed by atoms with Crippen LogP contribution < -0.4 is 10.1 Å². The van der Waals surface area contributed by atoms with Crippen LogP contribution in [0.1, 0.15) is 32.4 Å². The third-order valence-corrected chi connectivity index (χ3v) is 2.69. The molecule has 0 spiro atoms. The van der Waals surface area contributed by atoms with Crippen LogP contribution in [-0.2, 0) is 4.74 Å². The smallest absolute Gasteiger partial charge is 0.408 e. The first-order valence-electron chi connectivity index (χ1n) is 6.22. The number of nitrogens with one attached hydrogen (secondary N) is 1. The Balaban J connectivity index is 2.13. The third-order valence-electron chi connectivity index (χ3n) is 2.69. The zero-order valence-electron chi connectivity index (χ0n) is 11.3. The van der Waals surface area contributed by atoms with Gasteiger partial charge in [-0.2, -0.15) is 0 Å². The standard InChI is InChI=1S/C14H18FNO3/c1-14(2,3)19-13(17)16-12-9-6-4-5-7-11(9)18-8-10(12)15/h4-7,10,12H,8H2,1-3H3,(H,16,17). The van der Waals surface area contributed by atoms with E-state index in [0.29, 0.717) is 11.3 Å². The topological polar surface area (TPSA) is 47.6 Å². The average molecular weight is 267 g/mol. The molecule has 0 saturated heterocycles. The molecule has 4 nitrogen and oxygen atoms in total. The van der Waals surface area contributed by atoms with Gasteiger partial charge in [0.05, 0.1) is 6.04 Å². The van der Waals surface area contributed by atoms with E-state index in [1.165, 1.54) is 0 Å². The van der Waals surface area contributed by atoms with Gasteiger partial charge in [0.2, 0.25) is 0 Å². The second-order valence-corrected chi connectivity index (χ2v) is 5.49. The van der Waals surface area contributed by atoms with E-state index in [-0.39, 0.29) is 6.61 Å². The molecule has 0 aliphatic carbocycles. The average Bonchev–Trinajstić information content (AvgIpc) is 2.31. The van der Waals surface area contributed by atoms with Gasteiger partial charge in [0.25, 0.3) is 0 Å². The zero-order valence-corrected chi connectivity index (χ0v) is 11.3. The molecule has 0 radical (unpaired) electrons. The van der Waals surface area contributed by atoms with Crippen LogP contribution in [0.5, 0.6) is 5.75 Å². The lowest BCUT2D eigenvalue weighted by atomic mass is 9.99. The molecule has 2 atom stereocenters. The van der Waals surface area contributed by atoms with E-state index in [1.54, 1.807) is 39.0 Å². The molecule has 2 rings (SSSR count). The van der Waals surface area contributed by atoms with E-state index in [9.17, 15) is 9.18 Å². The summed E-state index contributed by atoms with van der Waals surface area (Å²) in [6.45, 7) is 5.21. The van der Waals surface area contributed by atoms with E-state index in [4.69, 9.17) is 9.47 Å². The normalized spacial score (nSPS) is 22.1. The number of hydrogen-bond donors (Lipinski definition) is 1. The third kappa shape index (κ3) is 3.36. The summed E-state index contributed by atoms with van der Waals surface area (Å²) in [5, 5.41) is 2.57. The largest absolute Gasteiger partial charge is 0.490 e. The van der Waals surface area contributed by atoms with Crippen LogP contribution in [0.15, 0.2) is 24.3 Å². The molecule has 19 heavy (non-hydrogen) atoms. The second-order valence-electron chi connectivity index (χ2n) is 5.49. The molecule has 1 amide bonds. The Hall–Kier alpha value is -1.78. The van der Waals surface area contributed by atoms with Crippen molar-refractivity contribution in [1.82, 2.24) is 5.32 Å². The molecule has 0 bridgehead atoms. The van der Waals surface area contributed by atoms with E-state index < -0.39 is 23.9 Å². The molecule has 104 valence electrons. The number of hydrogen-bond acceptors (Lipinski definition) is 3. The van der Waals surface area contributed by atoms with Crippen LogP contribution in [0.25, 0.3) is 0 Å². The number of para-hydroxylation sites is 1. The molecule has 1 heterocycles. The molecule has 1 aromatic carbocycles. The first kappa shape index (κ1) is 13.6. The minimum Gasteiger partial charge on any atom is -0.490 e. The van der Waals surface area contributed by atoms with Crippen molar-refractivity contribution < 1.29 is 18.7 Å². The van der Waals surface area contributed by atoms with Crippen molar-refractivity contribution in [3.63, 3.8) is 0 Å². The second kappa shape index (κ2) is 5.07. The predicted molar refractivity (Wildman–Crippen MR) is 68.9 cm³/mol. The molecule has 0 aromatic heterocycles. The number of carbonyl (C=O) groups is 1. The lowest BCUT2D eigenvalue weighted by Gasteiger charge is -2.30. The molecule has 0 fully saturated rings. The highest BCUT2D eigenvalue weighted by molar-refractivity contribution is 5.69. The summed E-state index contributed by atoms with van der Waals surface area (Å²) in [6, 6.07) is 6.35. The van der Waals surface area contributed by atoms with Crippen LogP contribution in [0.4, 0.5) is 9.18 Å². The van der Waals surface area contributed by atoms with E-state index in [0.717, 1.165) is 0 Å². The highest BCUT2D eigenvalue weighted by atomic mass is 19.1. The summed E-state index contributed by atoms with van der Waals surface area (Å²) in [4.78, 5) is 11.7. The Bertz CT molecular complexity index is 470. The van der Waals surface area contributed by atoms with Gasteiger partial charge < -0.3 is 14.8 Å². The monoisotopic (exact) mass is 267 g/mol. The Labute approximate surface area is 111 Å². The highest BCUT2D eigenvalue weighted by Crippen LogP contribution is 2.33. The van der Waals surface area contributed by atoms with Crippen molar-refractivity contribution in [3.05, 3.63) is 29.8 Å². The van der Waals surface area contributed by atoms with Crippen molar-refractivity contribution in [3.8, 4) is 5.75 Å². The summed E-state index contributed by atoms with van der Waals surface area (Å²) in [5.74, 6) is 0.595. The maximum atomic E-state index is 13.9. The minimum atomic E-state index is -1.29. The van der Waals surface area contributed by atoms with Gasteiger partial charge >= 0.3 is 6.09 Å². The first-order valence-corrected chi connectivity index (χ1v) is 6.22. The maximum Gasteiger partial charge on any atom is 0.408 e. The number of rotatable bonds is 1. The van der Waals surface area contributed by atoms with Crippen molar-refractivity contribution in [1.29, 1.82) is 0 Å². The van der Waals surface area contributed by atoms with Gasteiger partial charge in [-0.1, -0.05) is 18.2 Å². The van der Waals surface area contributed by atoms with Crippen molar-refractivity contribution >= 4 is 6.09 Å². The first-order chi connectivity index (χ1) is 8.87. The molecule has 2 unspecified atom stereocenters. The number of amides is 1. The Kier molecular flexibility index (Phi) is 3.64. The number of fused-ring (bicyclic) bond motifs is 1. The zero-order chi connectivity index (χ0) is 14.0. The SMILES string of the molecule is CC(C)(C)OC(=O)NC1c2ccccc2OCC1F. The lowest BCUT2D eigenvalue weighted by Crippen LogP contribution is -2.42. The van der Waals surface area contributed by atoms with Gasteiger partial charge in [0.15, 0.2) is 6.17 Å². The van der Waals surface area contributed by atoms with Crippen molar-refractivity contribution in [2.75, 3.05) is 6.61 Å². The van der Waals surface area contributed by atoms with Crippen LogP contribution in [0.2, 0.25) is 0 Å².